The quantitative estimate of drug-likeness (QED) is 0.753. The summed E-state index contributed by atoms with van der Waals surface area (Å²) >= 11 is 0. The molecule has 0 aliphatic carbocycles. The van der Waals surface area contributed by atoms with Crippen molar-refractivity contribution in [3.05, 3.63) is 65.1 Å². The van der Waals surface area contributed by atoms with Crippen molar-refractivity contribution in [2.75, 3.05) is 0 Å². The van der Waals surface area contributed by atoms with E-state index < -0.39 is 0 Å². The molecule has 3 aromatic rings. The van der Waals surface area contributed by atoms with E-state index in [4.69, 9.17) is 4.52 Å². The third kappa shape index (κ3) is 3.63. The number of H-pyrrole nitrogens is 1. The number of hydrogen-bond donors (Lipinski definition) is 2. The third-order valence-corrected chi connectivity index (χ3v) is 3.36. The van der Waals surface area contributed by atoms with E-state index in [0.29, 0.717) is 23.8 Å². The van der Waals surface area contributed by atoms with E-state index in [1.54, 1.807) is 13.0 Å². The van der Waals surface area contributed by atoms with Crippen LogP contribution in [0.3, 0.4) is 0 Å². The lowest BCUT2D eigenvalue weighted by Gasteiger charge is -2.07. The van der Waals surface area contributed by atoms with Gasteiger partial charge >= 0.3 is 0 Å². The first kappa shape index (κ1) is 15.0. The molecule has 1 aromatic carbocycles. The van der Waals surface area contributed by atoms with E-state index in [9.17, 15) is 4.79 Å². The fraction of sp³-hybridized carbons (Fsp3) is 0.250. The smallest absolute Gasteiger partial charge is 0.272 e. The van der Waals surface area contributed by atoms with Gasteiger partial charge in [0.05, 0.1) is 12.5 Å². The Morgan fingerprint density at radius 3 is 2.83 bits per heavy atom. The Labute approximate surface area is 133 Å². The molecule has 1 atom stereocenters. The summed E-state index contributed by atoms with van der Waals surface area (Å²) in [5.74, 6) is 0.677. The van der Waals surface area contributed by atoms with Crippen LogP contribution < -0.4 is 5.32 Å². The molecule has 1 amide bonds. The van der Waals surface area contributed by atoms with Crippen molar-refractivity contribution in [1.29, 1.82) is 0 Å². The maximum atomic E-state index is 12.1. The predicted octanol–water partition coefficient (Wildman–Crippen LogP) is 2.18. The normalized spacial score (nSPS) is 12.1. The Kier molecular flexibility index (Phi) is 4.18. The number of aryl methyl sites for hydroxylation is 1. The molecule has 118 valence electrons. The fourth-order valence-corrected chi connectivity index (χ4v) is 2.16. The van der Waals surface area contributed by atoms with Crippen LogP contribution >= 0.6 is 0 Å². The lowest BCUT2D eigenvalue weighted by Crippen LogP contribution is -2.27. The summed E-state index contributed by atoms with van der Waals surface area (Å²) in [6.07, 6.45) is 0.563. The maximum absolute atomic E-state index is 12.1. The van der Waals surface area contributed by atoms with Gasteiger partial charge in [0.25, 0.3) is 5.91 Å². The van der Waals surface area contributed by atoms with Crippen LogP contribution in [0.4, 0.5) is 0 Å². The van der Waals surface area contributed by atoms with Crippen LogP contribution in [0, 0.1) is 6.92 Å². The number of carbonyl (C=O) groups is 1. The molecule has 2 aromatic heterocycles. The van der Waals surface area contributed by atoms with Gasteiger partial charge in [-0.15, -0.1) is 0 Å². The zero-order chi connectivity index (χ0) is 16.2. The second kappa shape index (κ2) is 6.43. The highest BCUT2D eigenvalue weighted by Gasteiger charge is 2.18. The molecular weight excluding hydrogens is 294 g/mol. The second-order valence-electron chi connectivity index (χ2n) is 5.34. The van der Waals surface area contributed by atoms with Crippen LogP contribution in [-0.4, -0.2) is 26.2 Å². The summed E-state index contributed by atoms with van der Waals surface area (Å²) in [6, 6.07) is 11.2. The lowest BCUT2D eigenvalue weighted by molar-refractivity contribution is 0.0933. The Bertz CT molecular complexity index is 794. The molecule has 2 N–H and O–H groups in total. The summed E-state index contributed by atoms with van der Waals surface area (Å²) in [5, 5.41) is 13.4. The molecule has 0 saturated carbocycles. The molecule has 23 heavy (non-hydrogen) atoms. The van der Waals surface area contributed by atoms with Gasteiger partial charge in [0.1, 0.15) is 5.69 Å². The van der Waals surface area contributed by atoms with Crippen LogP contribution in [0.1, 0.15) is 46.4 Å². The van der Waals surface area contributed by atoms with E-state index in [2.05, 4.69) is 25.7 Å². The van der Waals surface area contributed by atoms with Gasteiger partial charge in [-0.1, -0.05) is 35.5 Å². The van der Waals surface area contributed by atoms with E-state index in [1.165, 1.54) is 0 Å². The Morgan fingerprint density at radius 1 is 1.35 bits per heavy atom. The first-order valence-corrected chi connectivity index (χ1v) is 7.31. The number of rotatable bonds is 5. The van der Waals surface area contributed by atoms with Gasteiger partial charge in [-0.3, -0.25) is 9.89 Å². The number of nitrogens with zero attached hydrogens (tertiary/aromatic N) is 3. The summed E-state index contributed by atoms with van der Waals surface area (Å²) in [7, 11) is 0. The molecule has 7 nitrogen and oxygen atoms in total. The molecule has 0 bridgehead atoms. The number of hydrogen-bond acceptors (Lipinski definition) is 5. The largest absolute Gasteiger partial charge is 0.341 e. The summed E-state index contributed by atoms with van der Waals surface area (Å²) < 4.78 is 5.25. The number of amides is 1. The summed E-state index contributed by atoms with van der Waals surface area (Å²) in [4.78, 5) is 16.4. The van der Waals surface area contributed by atoms with E-state index >= 15 is 0 Å². The van der Waals surface area contributed by atoms with Crippen molar-refractivity contribution in [2.45, 2.75) is 26.3 Å². The zero-order valence-electron chi connectivity index (χ0n) is 12.9. The molecule has 0 spiro atoms. The Balaban J connectivity index is 1.64. The number of aromatic amines is 1. The SMILES string of the molecule is Cc1cc(C(=O)N[C@H](C)c2noc(Cc3ccccc3)n2)n[nH]1. The average Bonchev–Trinajstić information content (AvgIpc) is 3.17. The summed E-state index contributed by atoms with van der Waals surface area (Å²) in [6.45, 7) is 3.64. The predicted molar refractivity (Wildman–Crippen MR) is 82.8 cm³/mol. The third-order valence-electron chi connectivity index (χ3n) is 3.36. The monoisotopic (exact) mass is 311 g/mol. The topological polar surface area (TPSA) is 96.7 Å². The molecule has 0 saturated heterocycles. The number of benzene rings is 1. The Morgan fingerprint density at radius 2 is 2.13 bits per heavy atom. The van der Waals surface area contributed by atoms with Crippen LogP contribution in [0.25, 0.3) is 0 Å². The maximum Gasteiger partial charge on any atom is 0.272 e. The highest BCUT2D eigenvalue weighted by atomic mass is 16.5. The van der Waals surface area contributed by atoms with Gasteiger partial charge in [0, 0.05) is 5.69 Å². The molecule has 0 aliphatic heterocycles. The minimum atomic E-state index is -0.368. The number of nitrogens with one attached hydrogen (secondary N) is 2. The highest BCUT2D eigenvalue weighted by Crippen LogP contribution is 2.12. The van der Waals surface area contributed by atoms with Gasteiger partial charge in [-0.25, -0.2) is 0 Å². The van der Waals surface area contributed by atoms with E-state index in [1.807, 2.05) is 37.3 Å². The minimum absolute atomic E-state index is 0.281. The lowest BCUT2D eigenvalue weighted by atomic mass is 10.1. The standard InChI is InChI=1S/C16H17N5O2/c1-10-8-13(20-19-10)16(22)17-11(2)15-18-14(23-21-15)9-12-6-4-3-5-7-12/h3-8,11H,9H2,1-2H3,(H,17,22)(H,19,20)/t11-/m1/s1. The highest BCUT2D eigenvalue weighted by molar-refractivity contribution is 5.92. The molecule has 3 rings (SSSR count). The molecule has 0 fully saturated rings. The van der Waals surface area contributed by atoms with Gasteiger partial charge in [0.15, 0.2) is 5.82 Å². The van der Waals surface area contributed by atoms with Crippen LogP contribution in [0.2, 0.25) is 0 Å². The van der Waals surface area contributed by atoms with E-state index in [0.717, 1.165) is 11.3 Å². The zero-order valence-corrected chi connectivity index (χ0v) is 12.9. The van der Waals surface area contributed by atoms with Crippen molar-refractivity contribution in [1.82, 2.24) is 25.7 Å². The fourth-order valence-electron chi connectivity index (χ4n) is 2.16. The van der Waals surface area contributed by atoms with Gasteiger partial charge < -0.3 is 9.84 Å². The van der Waals surface area contributed by atoms with Crippen molar-refractivity contribution in [2.24, 2.45) is 0 Å². The molecule has 2 heterocycles. The Hall–Kier alpha value is -2.96. The first-order valence-electron chi connectivity index (χ1n) is 7.31. The number of aromatic nitrogens is 4. The van der Waals surface area contributed by atoms with Crippen molar-refractivity contribution < 1.29 is 9.32 Å². The second-order valence-corrected chi connectivity index (χ2v) is 5.34. The first-order chi connectivity index (χ1) is 11.1. The van der Waals surface area contributed by atoms with Gasteiger partial charge in [-0.2, -0.15) is 10.1 Å². The van der Waals surface area contributed by atoms with Gasteiger partial charge in [0.2, 0.25) is 5.89 Å². The summed E-state index contributed by atoms with van der Waals surface area (Å²) in [5.41, 5.74) is 2.25. The molecular formula is C16H17N5O2. The number of carbonyl (C=O) groups excluding carboxylic acids is 1. The van der Waals surface area contributed by atoms with Crippen molar-refractivity contribution >= 4 is 5.91 Å². The van der Waals surface area contributed by atoms with Gasteiger partial charge in [-0.05, 0) is 25.5 Å². The van der Waals surface area contributed by atoms with Crippen LogP contribution in [0.5, 0.6) is 0 Å². The molecule has 7 heteroatoms. The van der Waals surface area contributed by atoms with Crippen molar-refractivity contribution in [3.8, 4) is 0 Å². The van der Waals surface area contributed by atoms with Crippen molar-refractivity contribution in [3.63, 3.8) is 0 Å². The molecule has 0 unspecified atom stereocenters. The average molecular weight is 311 g/mol. The van der Waals surface area contributed by atoms with E-state index in [-0.39, 0.29) is 11.9 Å². The van der Waals surface area contributed by atoms with Crippen LogP contribution in [0.15, 0.2) is 40.9 Å². The van der Waals surface area contributed by atoms with Crippen LogP contribution in [-0.2, 0) is 6.42 Å². The minimum Gasteiger partial charge on any atom is -0.341 e. The molecule has 0 radical (unpaired) electrons. The molecule has 0 aliphatic rings.